The molecule has 0 aliphatic heterocycles. The summed E-state index contributed by atoms with van der Waals surface area (Å²) < 4.78 is 9.65. The van der Waals surface area contributed by atoms with Gasteiger partial charge in [-0.15, -0.1) is 11.3 Å². The van der Waals surface area contributed by atoms with Gasteiger partial charge in [-0.05, 0) is 44.0 Å². The van der Waals surface area contributed by atoms with E-state index in [4.69, 9.17) is 9.47 Å². The number of thiazole rings is 1. The molecular weight excluding hydrogens is 452 g/mol. The molecule has 0 aliphatic rings. The summed E-state index contributed by atoms with van der Waals surface area (Å²) in [5.41, 5.74) is 7.32. The Morgan fingerprint density at radius 1 is 1.09 bits per heavy atom. The number of aryl methyl sites for hydroxylation is 2. The molecule has 0 radical (unpaired) electrons. The Labute approximate surface area is 202 Å². The van der Waals surface area contributed by atoms with Crippen molar-refractivity contribution in [1.29, 1.82) is 0 Å². The van der Waals surface area contributed by atoms with Crippen LogP contribution >= 0.6 is 11.3 Å². The van der Waals surface area contributed by atoms with Crippen molar-refractivity contribution in [3.8, 4) is 11.5 Å². The molecule has 4 rings (SSSR count). The Kier molecular flexibility index (Phi) is 8.50. The van der Waals surface area contributed by atoms with Crippen LogP contribution in [0.1, 0.15) is 18.1 Å². The van der Waals surface area contributed by atoms with Crippen LogP contribution in [0.4, 0.5) is 5.69 Å². The lowest BCUT2D eigenvalue weighted by Crippen LogP contribution is -2.46. The number of hydrogen-bond acceptors (Lipinski definition) is 7. The van der Waals surface area contributed by atoms with Crippen molar-refractivity contribution in [2.75, 3.05) is 25.7 Å². The fourth-order valence-corrected chi connectivity index (χ4v) is 4.13. The fourth-order valence-electron chi connectivity index (χ4n) is 3.59. The summed E-state index contributed by atoms with van der Waals surface area (Å²) in [7, 11) is 2.76. The number of nitrogens with one attached hydrogen (secondary N) is 1. The maximum atomic E-state index is 12.3. The van der Waals surface area contributed by atoms with Gasteiger partial charge in [-0.3, -0.25) is 9.69 Å². The summed E-state index contributed by atoms with van der Waals surface area (Å²) in [6, 6.07) is 13.0. The zero-order chi connectivity index (χ0) is 24.7. The Balaban J connectivity index is 0.000000201. The summed E-state index contributed by atoms with van der Waals surface area (Å²) in [5, 5.41) is 1.98. The quantitative estimate of drug-likeness (QED) is 0.407. The number of ether oxygens (including phenoxy) is 2. The molecule has 8 nitrogen and oxygen atoms in total. The number of nitrogens with zero attached hydrogens (tertiary/aromatic N) is 3. The molecule has 0 aliphatic carbocycles. The fraction of sp³-hybridized carbons (Fsp3) is 0.280. The minimum atomic E-state index is -0.706. The second-order valence-electron chi connectivity index (χ2n) is 7.61. The standard InChI is InChI=1S/C15H21NO4.C10H7N3S/c1-10-7-6-8-11(2)14(10)16(13(17)9-19-4)12(3)15(18)20-5;1-2-4-8-7(3-1)12-10(13-8)9-5-14-6-11-9/h6-8,12H,9H2,1-5H3;1-6H,(H,12,13)/t12-;/m0./s1. The van der Waals surface area contributed by atoms with Gasteiger partial charge < -0.3 is 14.5 Å². The molecule has 178 valence electrons. The second-order valence-corrected chi connectivity index (χ2v) is 8.33. The van der Waals surface area contributed by atoms with E-state index >= 15 is 0 Å². The maximum absolute atomic E-state index is 12.3. The number of rotatable bonds is 6. The summed E-state index contributed by atoms with van der Waals surface area (Å²) in [6.45, 7) is 5.36. The van der Waals surface area contributed by atoms with Crippen LogP contribution in [-0.4, -0.2) is 53.7 Å². The molecule has 9 heteroatoms. The van der Waals surface area contributed by atoms with Gasteiger partial charge >= 0.3 is 5.97 Å². The zero-order valence-corrected chi connectivity index (χ0v) is 20.7. The van der Waals surface area contributed by atoms with E-state index in [1.165, 1.54) is 19.1 Å². The lowest BCUT2D eigenvalue weighted by atomic mass is 10.1. The lowest BCUT2D eigenvalue weighted by molar-refractivity contribution is -0.143. The van der Waals surface area contributed by atoms with Gasteiger partial charge in [0.25, 0.3) is 5.91 Å². The van der Waals surface area contributed by atoms with Crippen molar-refractivity contribution >= 4 is 39.9 Å². The van der Waals surface area contributed by atoms with Gasteiger partial charge in [-0.2, -0.15) is 0 Å². The number of anilines is 1. The number of para-hydroxylation sites is 3. The lowest BCUT2D eigenvalue weighted by Gasteiger charge is -2.30. The monoisotopic (exact) mass is 480 g/mol. The van der Waals surface area contributed by atoms with E-state index in [0.717, 1.165) is 39.4 Å². The van der Waals surface area contributed by atoms with E-state index in [1.807, 2.05) is 67.2 Å². The van der Waals surface area contributed by atoms with Crippen LogP contribution in [0.3, 0.4) is 0 Å². The number of aromatic amines is 1. The maximum Gasteiger partial charge on any atom is 0.328 e. The molecule has 34 heavy (non-hydrogen) atoms. The predicted molar refractivity (Wildman–Crippen MR) is 134 cm³/mol. The van der Waals surface area contributed by atoms with Crippen LogP contribution in [-0.2, 0) is 19.1 Å². The molecule has 1 N–H and O–H groups in total. The van der Waals surface area contributed by atoms with Crippen LogP contribution in [0.2, 0.25) is 0 Å². The van der Waals surface area contributed by atoms with Crippen molar-refractivity contribution < 1.29 is 19.1 Å². The Hall–Kier alpha value is -3.56. The number of hydrogen-bond donors (Lipinski definition) is 1. The third-order valence-electron chi connectivity index (χ3n) is 5.21. The van der Waals surface area contributed by atoms with Crippen LogP contribution in [0.15, 0.2) is 53.4 Å². The first-order chi connectivity index (χ1) is 16.4. The molecule has 2 aromatic heterocycles. The Bertz CT molecular complexity index is 1200. The first-order valence-corrected chi connectivity index (χ1v) is 11.6. The van der Waals surface area contributed by atoms with Crippen molar-refractivity contribution in [3.63, 3.8) is 0 Å². The van der Waals surface area contributed by atoms with Gasteiger partial charge in [0.2, 0.25) is 0 Å². The predicted octanol–water partition coefficient (Wildman–Crippen LogP) is 4.53. The number of H-pyrrole nitrogens is 1. The molecule has 2 aromatic carbocycles. The van der Waals surface area contributed by atoms with Crippen molar-refractivity contribution in [1.82, 2.24) is 15.0 Å². The highest BCUT2D eigenvalue weighted by molar-refractivity contribution is 7.07. The number of benzene rings is 2. The first kappa shape index (κ1) is 25.1. The number of fused-ring (bicyclic) bond motifs is 1. The Morgan fingerprint density at radius 3 is 2.38 bits per heavy atom. The minimum absolute atomic E-state index is 0.0882. The van der Waals surface area contributed by atoms with Gasteiger partial charge in [0.15, 0.2) is 5.82 Å². The van der Waals surface area contributed by atoms with Gasteiger partial charge in [-0.25, -0.2) is 14.8 Å². The van der Waals surface area contributed by atoms with Gasteiger partial charge in [0, 0.05) is 12.5 Å². The molecule has 1 atom stereocenters. The average molecular weight is 481 g/mol. The van der Waals surface area contributed by atoms with Gasteiger partial charge in [-0.1, -0.05) is 30.3 Å². The van der Waals surface area contributed by atoms with Gasteiger partial charge in [0.05, 0.1) is 29.3 Å². The topological polar surface area (TPSA) is 97.4 Å². The van der Waals surface area contributed by atoms with Crippen molar-refractivity contribution in [3.05, 3.63) is 64.5 Å². The van der Waals surface area contributed by atoms with E-state index < -0.39 is 12.0 Å². The highest BCUT2D eigenvalue weighted by Crippen LogP contribution is 2.27. The van der Waals surface area contributed by atoms with Crippen LogP contribution < -0.4 is 4.90 Å². The van der Waals surface area contributed by atoms with Crippen LogP contribution in [0, 0.1) is 13.8 Å². The number of aromatic nitrogens is 3. The molecule has 1 amide bonds. The molecule has 0 bridgehead atoms. The largest absolute Gasteiger partial charge is 0.467 e. The summed E-state index contributed by atoms with van der Waals surface area (Å²) >= 11 is 1.57. The van der Waals surface area contributed by atoms with Crippen molar-refractivity contribution in [2.24, 2.45) is 0 Å². The number of amides is 1. The van der Waals surface area contributed by atoms with E-state index in [9.17, 15) is 9.59 Å². The summed E-state index contributed by atoms with van der Waals surface area (Å²) in [5.74, 6) is 0.104. The molecule has 0 fully saturated rings. The van der Waals surface area contributed by atoms with E-state index in [0.29, 0.717) is 0 Å². The number of carbonyl (C=O) groups is 2. The average Bonchev–Trinajstić information content (AvgIpc) is 3.51. The van der Waals surface area contributed by atoms with E-state index in [2.05, 4.69) is 15.0 Å². The van der Waals surface area contributed by atoms with E-state index in [-0.39, 0.29) is 12.5 Å². The minimum Gasteiger partial charge on any atom is -0.467 e. The van der Waals surface area contributed by atoms with Crippen LogP contribution in [0.5, 0.6) is 0 Å². The molecule has 0 unspecified atom stereocenters. The second kappa shape index (κ2) is 11.5. The Morgan fingerprint density at radius 2 is 1.79 bits per heavy atom. The molecule has 0 spiro atoms. The van der Waals surface area contributed by atoms with E-state index in [1.54, 1.807) is 18.3 Å². The third kappa shape index (κ3) is 5.67. The molecule has 4 aromatic rings. The zero-order valence-electron chi connectivity index (χ0n) is 19.9. The SMILES string of the molecule is COCC(=O)N(c1c(C)cccc1C)[C@@H](C)C(=O)OC.c1ccc2[nH]c(-c3cscn3)nc2c1. The number of imidazole rings is 1. The smallest absolute Gasteiger partial charge is 0.328 e. The molecule has 0 saturated heterocycles. The number of methoxy groups -OCH3 is 2. The van der Waals surface area contributed by atoms with Crippen molar-refractivity contribution in [2.45, 2.75) is 26.8 Å². The third-order valence-corrected chi connectivity index (χ3v) is 5.80. The molecule has 2 heterocycles. The molecule has 0 saturated carbocycles. The highest BCUT2D eigenvalue weighted by atomic mass is 32.1. The molecular formula is C25H28N4O4S. The van der Waals surface area contributed by atoms with Gasteiger partial charge in [0.1, 0.15) is 18.3 Å². The highest BCUT2D eigenvalue weighted by Gasteiger charge is 2.29. The summed E-state index contributed by atoms with van der Waals surface area (Å²) in [4.78, 5) is 37.4. The number of esters is 1. The normalized spacial score (nSPS) is 11.4. The number of carbonyl (C=O) groups excluding carboxylic acids is 2. The van der Waals surface area contributed by atoms with Crippen LogP contribution in [0.25, 0.3) is 22.6 Å². The first-order valence-electron chi connectivity index (χ1n) is 10.7. The summed E-state index contributed by atoms with van der Waals surface area (Å²) in [6.07, 6.45) is 0.